The molecule has 18 heavy (non-hydrogen) atoms. The molecule has 0 spiro atoms. The van der Waals surface area contributed by atoms with Crippen LogP contribution in [0.1, 0.15) is 6.42 Å². The van der Waals surface area contributed by atoms with Crippen LogP contribution in [-0.2, 0) is 31.0 Å². The predicted molar refractivity (Wildman–Crippen MR) is 48.1 cm³/mol. The summed E-state index contributed by atoms with van der Waals surface area (Å²) >= 11 is 0. The van der Waals surface area contributed by atoms with Gasteiger partial charge in [0.2, 0.25) is 0 Å². The van der Waals surface area contributed by atoms with Crippen LogP contribution in [0.25, 0.3) is 0 Å². The number of halogens is 4. The molecule has 9 heteroatoms. The average Bonchev–Trinajstić information content (AvgIpc) is 2.37. The van der Waals surface area contributed by atoms with E-state index in [-0.39, 0.29) is 17.1 Å². The molecule has 0 aromatic carbocycles. The molecular weight excluding hydrogens is 299 g/mol. The third-order valence-corrected chi connectivity index (χ3v) is 0.767. The van der Waals surface area contributed by atoms with Crippen molar-refractivity contribution in [2.45, 2.75) is 6.42 Å². The van der Waals surface area contributed by atoms with Gasteiger partial charge in [-0.25, -0.2) is 0 Å². The van der Waals surface area contributed by atoms with Gasteiger partial charge in [-0.05, 0) is 38.5 Å². The van der Waals surface area contributed by atoms with Crippen molar-refractivity contribution >= 4 is 7.25 Å². The van der Waals surface area contributed by atoms with Crippen LogP contribution >= 0.6 is 0 Å². The summed E-state index contributed by atoms with van der Waals surface area (Å²) in [7, 11) is -6.00. The Labute approximate surface area is 114 Å². The van der Waals surface area contributed by atoms with Crippen molar-refractivity contribution in [3.8, 4) is 0 Å². The monoisotopic (exact) mass is 306 g/mol. The summed E-state index contributed by atoms with van der Waals surface area (Å²) < 4.78 is 61.5. The molecule has 3 nitrogen and oxygen atoms in total. The minimum Gasteiger partial charge on any atom is -0.0465 e. The van der Waals surface area contributed by atoms with E-state index in [1.165, 1.54) is 0 Å². The van der Waals surface area contributed by atoms with E-state index in [4.69, 9.17) is 14.0 Å². The fourth-order valence-corrected chi connectivity index (χ4v) is 0.457. The zero-order valence-corrected chi connectivity index (χ0v) is 9.87. The molecule has 1 aliphatic rings. The summed E-state index contributed by atoms with van der Waals surface area (Å²) in [5.41, 5.74) is 0. The van der Waals surface area contributed by atoms with Crippen molar-refractivity contribution in [1.29, 1.82) is 0 Å². The van der Waals surface area contributed by atoms with Crippen LogP contribution in [0.15, 0.2) is 0 Å². The second kappa shape index (κ2) is 30.0. The van der Waals surface area contributed by atoms with Gasteiger partial charge in [0.05, 0.1) is 0 Å². The van der Waals surface area contributed by atoms with Crippen LogP contribution in [0.5, 0.6) is 0 Å². The van der Waals surface area contributed by atoms with Crippen LogP contribution in [-0.4, -0.2) is 7.25 Å². The first-order valence-electron chi connectivity index (χ1n) is 3.64. The first-order chi connectivity index (χ1) is 8.00. The molecule has 0 bridgehead atoms. The smallest absolute Gasteiger partial charge is 0.0465 e. The van der Waals surface area contributed by atoms with Gasteiger partial charge in [0.1, 0.15) is 0 Å². The van der Waals surface area contributed by atoms with Crippen LogP contribution in [0, 0.1) is 52.1 Å². The molecule has 0 aliphatic heterocycles. The summed E-state index contributed by atoms with van der Waals surface area (Å²) in [6.07, 6.45) is 11.5. The maximum Gasteiger partial charge on any atom is 2.00 e. The Kier molecular flexibility index (Phi) is 50.8. The van der Waals surface area contributed by atoms with Crippen LogP contribution < -0.4 is 0 Å². The maximum atomic E-state index is 9.75. The molecule has 1 aliphatic carbocycles. The molecule has 0 aromatic rings. The molecule has 0 N–H and O–H groups in total. The van der Waals surface area contributed by atoms with E-state index in [0.29, 0.717) is 0 Å². The van der Waals surface area contributed by atoms with E-state index in [1.54, 1.807) is 0 Å². The van der Waals surface area contributed by atoms with E-state index < -0.39 is 7.25 Å². The fourth-order valence-electron chi connectivity index (χ4n) is 0.457. The zero-order chi connectivity index (χ0) is 14.7. The van der Waals surface area contributed by atoms with Crippen molar-refractivity contribution in [3.63, 3.8) is 0 Å². The third kappa shape index (κ3) is 107. The molecule has 0 saturated heterocycles. The van der Waals surface area contributed by atoms with E-state index in [1.807, 2.05) is 6.42 Å². The SMILES string of the molecule is F[B-](F)(F)F.[C-]#[O+].[C-]#[O+].[C-]#[O+].[CH]1[CH][CH]C[CH][CH]1.[Fe+2]. The van der Waals surface area contributed by atoms with Crippen molar-refractivity contribution in [2.24, 2.45) is 0 Å². The van der Waals surface area contributed by atoms with Gasteiger partial charge in [-0.1, -0.05) is 0 Å². The molecule has 0 aromatic heterocycles. The molecule has 5 radical (unpaired) electrons. The van der Waals surface area contributed by atoms with Gasteiger partial charge in [-0.2, -0.15) is 0 Å². The normalized spacial score (nSPS) is 11.7. The Bertz CT molecular complexity index is 159. The molecule has 99 valence electrons. The minimum atomic E-state index is -6.00. The molecule has 0 amide bonds. The Morgan fingerprint density at radius 3 is 1.00 bits per heavy atom. The topological polar surface area (TPSA) is 59.7 Å². The summed E-state index contributed by atoms with van der Waals surface area (Å²) in [5.74, 6) is 0. The molecule has 0 unspecified atom stereocenters. The molecule has 0 heterocycles. The first kappa shape index (κ1) is 30.5. The van der Waals surface area contributed by atoms with Crippen molar-refractivity contribution in [2.75, 3.05) is 0 Å². The quantitative estimate of drug-likeness (QED) is 0.286. The minimum absolute atomic E-state index is 0. The third-order valence-electron chi connectivity index (χ3n) is 0.767. The van der Waals surface area contributed by atoms with Crippen LogP contribution in [0.4, 0.5) is 17.3 Å². The molecule has 1 fully saturated rings. The average molecular weight is 306 g/mol. The van der Waals surface area contributed by atoms with Gasteiger partial charge in [-0.3, -0.25) is 0 Å². The Balaban J connectivity index is -0.0000000431. The van der Waals surface area contributed by atoms with E-state index in [0.717, 1.165) is 6.42 Å². The van der Waals surface area contributed by atoms with Gasteiger partial charge < -0.3 is 17.3 Å². The fraction of sp³-hybridized carbons (Fsp3) is 0.111. The van der Waals surface area contributed by atoms with Crippen molar-refractivity contribution < 1.29 is 48.3 Å². The van der Waals surface area contributed by atoms with Gasteiger partial charge in [-0.15, -0.1) is 0 Å². The van der Waals surface area contributed by atoms with Crippen LogP contribution in [0.3, 0.4) is 0 Å². The molecule has 1 saturated carbocycles. The standard InChI is InChI=1S/C6H7.3CO.BF4.Fe/c1-2-4-6-5-3-1;3*1-2;2-1(3,4)5;/h1-5H,6H2;;;;;/q;;;;-1;+2. The number of rotatable bonds is 0. The van der Waals surface area contributed by atoms with E-state index in [9.17, 15) is 17.3 Å². The largest absolute Gasteiger partial charge is 2.00 e. The van der Waals surface area contributed by atoms with Gasteiger partial charge in [0.25, 0.3) is 0 Å². The Hall–Kier alpha value is -0.476. The van der Waals surface area contributed by atoms with E-state index >= 15 is 0 Å². The van der Waals surface area contributed by atoms with Crippen molar-refractivity contribution in [3.05, 3.63) is 52.1 Å². The molecule has 0 atom stereocenters. The van der Waals surface area contributed by atoms with E-state index in [2.05, 4.69) is 45.6 Å². The van der Waals surface area contributed by atoms with Gasteiger partial charge in [0.15, 0.2) is 0 Å². The van der Waals surface area contributed by atoms with Gasteiger partial charge >= 0.3 is 58.2 Å². The van der Waals surface area contributed by atoms with Crippen LogP contribution in [0.2, 0.25) is 0 Å². The number of hydrogen-bond donors (Lipinski definition) is 0. The first-order valence-corrected chi connectivity index (χ1v) is 3.64. The molecule has 1 rings (SSSR count). The maximum absolute atomic E-state index is 9.75. The summed E-state index contributed by atoms with van der Waals surface area (Å²) in [6.45, 7) is 13.5. The summed E-state index contributed by atoms with van der Waals surface area (Å²) in [6, 6.07) is 0. The second-order valence-electron chi connectivity index (χ2n) is 1.78. The Morgan fingerprint density at radius 1 is 0.722 bits per heavy atom. The zero-order valence-electron chi connectivity index (χ0n) is 8.76. The predicted octanol–water partition coefficient (Wildman–Crippen LogP) is 2.60. The number of hydrogen-bond acceptors (Lipinski definition) is 0. The van der Waals surface area contributed by atoms with Crippen molar-refractivity contribution in [1.82, 2.24) is 0 Å². The summed E-state index contributed by atoms with van der Waals surface area (Å²) in [5, 5.41) is 0. The summed E-state index contributed by atoms with van der Waals surface area (Å²) in [4.78, 5) is 0. The molecular formula is C9H7BF4FeO3+. The second-order valence-corrected chi connectivity index (χ2v) is 1.78. The van der Waals surface area contributed by atoms with Gasteiger partial charge in [0, 0.05) is 0 Å². The Morgan fingerprint density at radius 2 is 0.944 bits per heavy atom.